The van der Waals surface area contributed by atoms with E-state index >= 15 is 0 Å². The van der Waals surface area contributed by atoms with Gasteiger partial charge in [-0.2, -0.15) is 0 Å². The number of nitrogens with one attached hydrogen (secondary N) is 2. The number of carbonyl (C=O) groups is 3. The summed E-state index contributed by atoms with van der Waals surface area (Å²) in [4.78, 5) is 35.9. The van der Waals surface area contributed by atoms with Crippen LogP contribution in [0.1, 0.15) is 22.0 Å². The van der Waals surface area contributed by atoms with Gasteiger partial charge >= 0.3 is 12.0 Å². The smallest absolute Gasteiger partial charge is 0.339 e. The van der Waals surface area contributed by atoms with Gasteiger partial charge in [0.1, 0.15) is 0 Å². The highest BCUT2D eigenvalue weighted by atomic mass is 79.9. The molecule has 2 aromatic carbocycles. The first-order valence-corrected chi connectivity index (χ1v) is 7.84. The zero-order valence-corrected chi connectivity index (χ0v) is 14.4. The lowest BCUT2D eigenvalue weighted by Crippen LogP contribution is -2.41. The maximum Gasteiger partial charge on any atom is 0.339 e. The van der Waals surface area contributed by atoms with Crippen molar-refractivity contribution < 1.29 is 19.1 Å². The van der Waals surface area contributed by atoms with Crippen LogP contribution in [0, 0.1) is 0 Å². The van der Waals surface area contributed by atoms with Crippen LogP contribution >= 0.6 is 15.9 Å². The molecule has 0 aliphatic carbocycles. The lowest BCUT2D eigenvalue weighted by Gasteiger charge is -2.17. The number of ether oxygens (including phenoxy) is 1. The second kappa shape index (κ2) is 8.26. The van der Waals surface area contributed by atoms with E-state index in [9.17, 15) is 14.4 Å². The van der Waals surface area contributed by atoms with E-state index in [1.54, 1.807) is 54.6 Å². The van der Waals surface area contributed by atoms with Crippen molar-refractivity contribution in [3.8, 4) is 0 Å². The van der Waals surface area contributed by atoms with Crippen molar-refractivity contribution >= 4 is 33.8 Å². The van der Waals surface area contributed by atoms with Gasteiger partial charge in [0, 0.05) is 17.1 Å². The van der Waals surface area contributed by atoms with E-state index in [4.69, 9.17) is 4.74 Å². The van der Waals surface area contributed by atoms with Gasteiger partial charge in [0.2, 0.25) is 6.10 Å². The third-order valence-corrected chi connectivity index (χ3v) is 3.64. The molecule has 0 fully saturated rings. The minimum Gasteiger partial charge on any atom is -0.444 e. The number of hydrogen-bond donors (Lipinski definition) is 2. The summed E-state index contributed by atoms with van der Waals surface area (Å²) >= 11 is 3.28. The van der Waals surface area contributed by atoms with Crippen molar-refractivity contribution in [2.45, 2.75) is 6.10 Å². The summed E-state index contributed by atoms with van der Waals surface area (Å²) < 4.78 is 6.14. The first-order chi connectivity index (χ1) is 11.5. The lowest BCUT2D eigenvalue weighted by molar-refractivity contribution is -0.129. The van der Waals surface area contributed by atoms with Crippen LogP contribution in [0.4, 0.5) is 4.79 Å². The molecule has 1 atom stereocenters. The average Bonchev–Trinajstić information content (AvgIpc) is 2.60. The number of benzene rings is 2. The Morgan fingerprint density at radius 3 is 2.21 bits per heavy atom. The van der Waals surface area contributed by atoms with E-state index in [-0.39, 0.29) is 0 Å². The van der Waals surface area contributed by atoms with Crippen molar-refractivity contribution in [1.29, 1.82) is 0 Å². The molecule has 0 unspecified atom stereocenters. The summed E-state index contributed by atoms with van der Waals surface area (Å²) in [7, 11) is 1.38. The SMILES string of the molecule is CNC(=O)NC(=O)[C@@H](OC(=O)c1ccc(Br)cc1)c1ccccc1. The van der Waals surface area contributed by atoms with Crippen LogP contribution in [0.2, 0.25) is 0 Å². The van der Waals surface area contributed by atoms with Crippen LogP contribution in [-0.4, -0.2) is 25.0 Å². The monoisotopic (exact) mass is 390 g/mol. The molecule has 0 aliphatic rings. The molecule has 0 heterocycles. The zero-order chi connectivity index (χ0) is 17.5. The van der Waals surface area contributed by atoms with Crippen LogP contribution in [0.3, 0.4) is 0 Å². The predicted octanol–water partition coefficient (Wildman–Crippen LogP) is 2.80. The van der Waals surface area contributed by atoms with Crippen molar-refractivity contribution in [1.82, 2.24) is 10.6 Å². The van der Waals surface area contributed by atoms with Gasteiger partial charge in [-0.25, -0.2) is 9.59 Å². The molecule has 0 aromatic heterocycles. The number of halogens is 1. The molecule has 24 heavy (non-hydrogen) atoms. The van der Waals surface area contributed by atoms with Crippen molar-refractivity contribution in [2.24, 2.45) is 0 Å². The van der Waals surface area contributed by atoms with Crippen molar-refractivity contribution in [3.63, 3.8) is 0 Å². The maximum absolute atomic E-state index is 12.3. The molecule has 0 saturated heterocycles. The Balaban J connectivity index is 2.22. The molecule has 0 radical (unpaired) electrons. The third kappa shape index (κ3) is 4.66. The summed E-state index contributed by atoms with van der Waals surface area (Å²) in [6, 6.07) is 14.3. The van der Waals surface area contributed by atoms with Crippen LogP contribution in [0.15, 0.2) is 59.1 Å². The molecule has 2 N–H and O–H groups in total. The molecule has 7 heteroatoms. The van der Waals surface area contributed by atoms with Gasteiger partial charge in [0.05, 0.1) is 5.56 Å². The summed E-state index contributed by atoms with van der Waals surface area (Å²) in [6.45, 7) is 0. The number of esters is 1. The normalized spacial score (nSPS) is 11.2. The highest BCUT2D eigenvalue weighted by Gasteiger charge is 2.26. The molecule has 0 bridgehead atoms. The number of imide groups is 1. The molecular formula is C17H15BrN2O4. The molecule has 0 aliphatic heterocycles. The van der Waals surface area contributed by atoms with E-state index < -0.39 is 24.0 Å². The van der Waals surface area contributed by atoms with Gasteiger partial charge in [-0.1, -0.05) is 46.3 Å². The quantitative estimate of drug-likeness (QED) is 0.786. The first kappa shape index (κ1) is 17.7. The molecule has 2 rings (SSSR count). The number of amides is 3. The second-order valence-corrected chi connectivity index (χ2v) is 5.69. The Kier molecular flexibility index (Phi) is 6.08. The fourth-order valence-electron chi connectivity index (χ4n) is 1.90. The summed E-state index contributed by atoms with van der Waals surface area (Å²) in [6.07, 6.45) is -1.24. The number of urea groups is 1. The topological polar surface area (TPSA) is 84.5 Å². The number of rotatable bonds is 4. The van der Waals surface area contributed by atoms with E-state index in [0.717, 1.165) is 4.47 Å². The Labute approximate surface area is 147 Å². The van der Waals surface area contributed by atoms with E-state index in [1.807, 2.05) is 0 Å². The Bertz CT molecular complexity index is 732. The predicted molar refractivity (Wildman–Crippen MR) is 91.3 cm³/mol. The standard InChI is InChI=1S/C17H15BrN2O4/c1-19-17(23)20-15(21)14(11-5-3-2-4-6-11)24-16(22)12-7-9-13(18)10-8-12/h2-10,14H,1H3,(H2,19,20,21,23)/t14-/m0/s1. The first-order valence-electron chi connectivity index (χ1n) is 7.05. The Morgan fingerprint density at radius 1 is 1.00 bits per heavy atom. The number of hydrogen-bond acceptors (Lipinski definition) is 4. The van der Waals surface area contributed by atoms with Gasteiger partial charge in [0.15, 0.2) is 0 Å². The van der Waals surface area contributed by atoms with E-state index in [2.05, 4.69) is 26.6 Å². The van der Waals surface area contributed by atoms with Gasteiger partial charge in [0.25, 0.3) is 5.91 Å². The van der Waals surface area contributed by atoms with Gasteiger partial charge < -0.3 is 10.1 Å². The van der Waals surface area contributed by atoms with Gasteiger partial charge in [-0.3, -0.25) is 10.1 Å². The lowest BCUT2D eigenvalue weighted by atomic mass is 10.1. The van der Waals surface area contributed by atoms with Crippen molar-refractivity contribution in [2.75, 3.05) is 7.05 Å². The highest BCUT2D eigenvalue weighted by Crippen LogP contribution is 2.20. The molecule has 0 saturated carbocycles. The van der Waals surface area contributed by atoms with Crippen LogP contribution in [0.5, 0.6) is 0 Å². The second-order valence-electron chi connectivity index (χ2n) is 4.77. The molecule has 3 amide bonds. The minimum absolute atomic E-state index is 0.298. The van der Waals surface area contributed by atoms with Crippen LogP contribution < -0.4 is 10.6 Å². The molecule has 0 spiro atoms. The fraction of sp³-hybridized carbons (Fsp3) is 0.118. The van der Waals surface area contributed by atoms with E-state index in [1.165, 1.54) is 7.05 Å². The fourth-order valence-corrected chi connectivity index (χ4v) is 2.17. The van der Waals surface area contributed by atoms with E-state index in [0.29, 0.717) is 11.1 Å². The van der Waals surface area contributed by atoms with Crippen LogP contribution in [0.25, 0.3) is 0 Å². The van der Waals surface area contributed by atoms with Crippen LogP contribution in [-0.2, 0) is 9.53 Å². The summed E-state index contributed by atoms with van der Waals surface area (Å²) in [5.74, 6) is -1.39. The zero-order valence-electron chi connectivity index (χ0n) is 12.8. The van der Waals surface area contributed by atoms with Gasteiger partial charge in [-0.15, -0.1) is 0 Å². The Morgan fingerprint density at radius 2 is 1.62 bits per heavy atom. The third-order valence-electron chi connectivity index (χ3n) is 3.11. The van der Waals surface area contributed by atoms with Gasteiger partial charge in [-0.05, 0) is 24.3 Å². The molecule has 124 valence electrons. The Hall–Kier alpha value is -2.67. The average molecular weight is 391 g/mol. The van der Waals surface area contributed by atoms with Crippen molar-refractivity contribution in [3.05, 3.63) is 70.2 Å². The summed E-state index contributed by atoms with van der Waals surface area (Å²) in [5.41, 5.74) is 0.760. The largest absolute Gasteiger partial charge is 0.444 e. The number of carbonyl (C=O) groups excluding carboxylic acids is 3. The highest BCUT2D eigenvalue weighted by molar-refractivity contribution is 9.10. The molecular weight excluding hydrogens is 376 g/mol. The molecule has 2 aromatic rings. The minimum atomic E-state index is -1.24. The molecule has 6 nitrogen and oxygen atoms in total. The maximum atomic E-state index is 12.3. The summed E-state index contributed by atoms with van der Waals surface area (Å²) in [5, 5.41) is 4.40.